The standard InChI is InChI=1S/C13H18F3N3/c1-9(17)10-4-5-18-12(7-10)19-6-2-3-11(8-19)13(14,15)16/h4-5,7,9,11H,2-3,6,8,17H2,1H3/t9-,11?/m0/s1. The SMILES string of the molecule is C[C@H](N)c1ccnc(N2CCCC(C(F)(F)F)C2)c1. The third kappa shape index (κ3) is 3.37. The second-order valence-electron chi connectivity index (χ2n) is 5.06. The maximum absolute atomic E-state index is 12.8. The Morgan fingerprint density at radius 3 is 2.84 bits per heavy atom. The Labute approximate surface area is 110 Å². The van der Waals surface area contributed by atoms with Crippen LogP contribution in [0, 0.1) is 5.92 Å². The van der Waals surface area contributed by atoms with Crippen LogP contribution in [0.15, 0.2) is 18.3 Å². The van der Waals surface area contributed by atoms with Crippen LogP contribution in [-0.2, 0) is 0 Å². The molecule has 3 nitrogen and oxygen atoms in total. The average molecular weight is 273 g/mol. The summed E-state index contributed by atoms with van der Waals surface area (Å²) in [6, 6.07) is 3.42. The van der Waals surface area contributed by atoms with Crippen LogP contribution in [0.4, 0.5) is 19.0 Å². The molecular weight excluding hydrogens is 255 g/mol. The number of nitrogens with two attached hydrogens (primary N) is 1. The molecule has 1 aromatic rings. The third-order valence-electron chi connectivity index (χ3n) is 3.50. The van der Waals surface area contributed by atoms with Gasteiger partial charge in [-0.3, -0.25) is 0 Å². The van der Waals surface area contributed by atoms with Crippen molar-refractivity contribution in [3.63, 3.8) is 0 Å². The molecule has 0 bridgehead atoms. The van der Waals surface area contributed by atoms with Gasteiger partial charge in [0.05, 0.1) is 5.92 Å². The number of pyridine rings is 1. The summed E-state index contributed by atoms with van der Waals surface area (Å²) in [6.07, 6.45) is -1.79. The van der Waals surface area contributed by atoms with Crippen molar-refractivity contribution >= 4 is 5.82 Å². The van der Waals surface area contributed by atoms with Crippen molar-refractivity contribution in [1.82, 2.24) is 4.98 Å². The van der Waals surface area contributed by atoms with Crippen LogP contribution in [0.3, 0.4) is 0 Å². The van der Waals surface area contributed by atoms with Gasteiger partial charge in [-0.2, -0.15) is 13.2 Å². The van der Waals surface area contributed by atoms with Crippen LogP contribution in [0.5, 0.6) is 0 Å². The minimum atomic E-state index is -4.13. The minimum absolute atomic E-state index is 0.0150. The van der Waals surface area contributed by atoms with Crippen LogP contribution in [-0.4, -0.2) is 24.2 Å². The monoisotopic (exact) mass is 273 g/mol. The van der Waals surface area contributed by atoms with E-state index in [1.807, 2.05) is 6.92 Å². The summed E-state index contributed by atoms with van der Waals surface area (Å²) in [7, 11) is 0. The normalized spacial score (nSPS) is 22.4. The lowest BCUT2D eigenvalue weighted by atomic mass is 9.97. The maximum Gasteiger partial charge on any atom is 0.393 e. The number of anilines is 1. The van der Waals surface area contributed by atoms with Crippen molar-refractivity contribution in [3.8, 4) is 0 Å². The summed E-state index contributed by atoms with van der Waals surface area (Å²) in [5.74, 6) is -0.675. The van der Waals surface area contributed by atoms with Crippen molar-refractivity contribution in [2.45, 2.75) is 32.0 Å². The molecule has 6 heteroatoms. The van der Waals surface area contributed by atoms with Gasteiger partial charge in [0.1, 0.15) is 5.82 Å². The largest absolute Gasteiger partial charge is 0.393 e. The van der Waals surface area contributed by atoms with Gasteiger partial charge in [0, 0.05) is 25.3 Å². The second kappa shape index (κ2) is 5.36. The molecule has 2 heterocycles. The molecule has 2 atom stereocenters. The van der Waals surface area contributed by atoms with E-state index in [4.69, 9.17) is 5.73 Å². The summed E-state index contributed by atoms with van der Waals surface area (Å²) in [4.78, 5) is 5.87. The second-order valence-corrected chi connectivity index (χ2v) is 5.06. The highest BCUT2D eigenvalue weighted by atomic mass is 19.4. The number of hydrogen-bond donors (Lipinski definition) is 1. The number of hydrogen-bond acceptors (Lipinski definition) is 3. The van der Waals surface area contributed by atoms with Gasteiger partial charge in [0.15, 0.2) is 0 Å². The predicted octanol–water partition coefficient (Wildman–Crippen LogP) is 2.88. The highest BCUT2D eigenvalue weighted by Crippen LogP contribution is 2.34. The van der Waals surface area contributed by atoms with Gasteiger partial charge in [-0.05, 0) is 37.5 Å². The first-order valence-electron chi connectivity index (χ1n) is 6.41. The number of aromatic nitrogens is 1. The van der Waals surface area contributed by atoms with Crippen molar-refractivity contribution in [1.29, 1.82) is 0 Å². The van der Waals surface area contributed by atoms with Gasteiger partial charge in [-0.25, -0.2) is 4.98 Å². The number of alkyl halides is 3. The lowest BCUT2D eigenvalue weighted by Gasteiger charge is -2.34. The molecule has 1 aliphatic rings. The smallest absolute Gasteiger partial charge is 0.356 e. The Hall–Kier alpha value is -1.30. The van der Waals surface area contributed by atoms with E-state index in [9.17, 15) is 13.2 Å². The highest BCUT2D eigenvalue weighted by molar-refractivity contribution is 5.42. The minimum Gasteiger partial charge on any atom is -0.356 e. The van der Waals surface area contributed by atoms with Gasteiger partial charge < -0.3 is 10.6 Å². The molecule has 1 aliphatic heterocycles. The lowest BCUT2D eigenvalue weighted by molar-refractivity contribution is -0.176. The molecule has 2 N–H and O–H groups in total. The van der Waals surface area contributed by atoms with Crippen molar-refractivity contribution in [3.05, 3.63) is 23.9 Å². The molecule has 1 saturated heterocycles. The molecule has 0 spiro atoms. The fourth-order valence-corrected chi connectivity index (χ4v) is 2.34. The molecule has 106 valence electrons. The van der Waals surface area contributed by atoms with Gasteiger partial charge in [-0.1, -0.05) is 0 Å². The molecule has 1 fully saturated rings. The van der Waals surface area contributed by atoms with E-state index in [0.717, 1.165) is 5.56 Å². The van der Waals surface area contributed by atoms with Crippen molar-refractivity contribution in [2.75, 3.05) is 18.0 Å². The van der Waals surface area contributed by atoms with Gasteiger partial charge in [0.2, 0.25) is 0 Å². The van der Waals surface area contributed by atoms with Gasteiger partial charge in [-0.15, -0.1) is 0 Å². The molecule has 0 amide bonds. The van der Waals surface area contributed by atoms with E-state index in [0.29, 0.717) is 18.8 Å². The van der Waals surface area contributed by atoms with Crippen LogP contribution in [0.25, 0.3) is 0 Å². The quantitative estimate of drug-likeness (QED) is 0.901. The summed E-state index contributed by atoms with van der Waals surface area (Å²) in [5.41, 5.74) is 6.67. The zero-order valence-electron chi connectivity index (χ0n) is 10.8. The lowest BCUT2D eigenvalue weighted by Crippen LogP contribution is -2.42. The molecule has 0 saturated carbocycles. The average Bonchev–Trinajstić information content (AvgIpc) is 2.38. The molecule has 1 aromatic heterocycles. The molecular formula is C13H18F3N3. The van der Waals surface area contributed by atoms with E-state index >= 15 is 0 Å². The molecule has 2 rings (SSSR count). The van der Waals surface area contributed by atoms with Crippen LogP contribution < -0.4 is 10.6 Å². The van der Waals surface area contributed by atoms with Crippen LogP contribution in [0.1, 0.15) is 31.4 Å². The third-order valence-corrected chi connectivity index (χ3v) is 3.50. The topological polar surface area (TPSA) is 42.1 Å². The molecule has 19 heavy (non-hydrogen) atoms. The Morgan fingerprint density at radius 2 is 2.21 bits per heavy atom. The molecule has 1 unspecified atom stereocenters. The first-order valence-corrected chi connectivity index (χ1v) is 6.41. The zero-order valence-corrected chi connectivity index (χ0v) is 10.8. The Balaban J connectivity index is 2.15. The summed E-state index contributed by atoms with van der Waals surface area (Å²) < 4.78 is 38.3. The summed E-state index contributed by atoms with van der Waals surface area (Å²) in [5, 5.41) is 0. The van der Waals surface area contributed by atoms with E-state index in [1.54, 1.807) is 23.2 Å². The number of rotatable bonds is 2. The number of halogens is 3. The molecule has 0 radical (unpaired) electrons. The van der Waals surface area contributed by atoms with E-state index < -0.39 is 12.1 Å². The summed E-state index contributed by atoms with van der Waals surface area (Å²) in [6.45, 7) is 2.44. The van der Waals surface area contributed by atoms with Crippen LogP contribution in [0.2, 0.25) is 0 Å². The summed E-state index contributed by atoms with van der Waals surface area (Å²) >= 11 is 0. The van der Waals surface area contributed by atoms with E-state index in [1.165, 1.54) is 0 Å². The van der Waals surface area contributed by atoms with Gasteiger partial charge in [0.25, 0.3) is 0 Å². The highest BCUT2D eigenvalue weighted by Gasteiger charge is 2.42. The van der Waals surface area contributed by atoms with Gasteiger partial charge >= 0.3 is 6.18 Å². The molecule has 0 aromatic carbocycles. The predicted molar refractivity (Wildman–Crippen MR) is 67.8 cm³/mol. The van der Waals surface area contributed by atoms with E-state index in [-0.39, 0.29) is 19.0 Å². The zero-order chi connectivity index (χ0) is 14.0. The maximum atomic E-state index is 12.8. The fraction of sp³-hybridized carbons (Fsp3) is 0.615. The number of piperidine rings is 1. The van der Waals surface area contributed by atoms with E-state index in [2.05, 4.69) is 4.98 Å². The Kier molecular flexibility index (Phi) is 3.99. The fourth-order valence-electron chi connectivity index (χ4n) is 2.34. The Morgan fingerprint density at radius 1 is 1.47 bits per heavy atom. The van der Waals surface area contributed by atoms with Crippen LogP contribution >= 0.6 is 0 Å². The van der Waals surface area contributed by atoms with Crippen molar-refractivity contribution in [2.24, 2.45) is 11.7 Å². The first kappa shape index (κ1) is 14.1. The Bertz CT molecular complexity index is 431. The molecule has 0 aliphatic carbocycles. The number of nitrogens with zero attached hydrogens (tertiary/aromatic N) is 2. The first-order chi connectivity index (χ1) is 8.88. The van der Waals surface area contributed by atoms with Crippen molar-refractivity contribution < 1.29 is 13.2 Å².